The number of carbonyl (C=O) groups is 1. The van der Waals surface area contributed by atoms with Crippen molar-refractivity contribution in [2.75, 3.05) is 12.5 Å². The summed E-state index contributed by atoms with van der Waals surface area (Å²) in [5, 5.41) is 7.98. The number of anilines is 1. The minimum absolute atomic E-state index is 0.170. The smallest absolute Gasteiger partial charge is 0.253 e. The SMILES string of the molecule is CNC(=O)c1ccccc1NOc1ccncc1.N=C=O. The molecule has 0 bridgehead atoms. The second-order valence-corrected chi connectivity index (χ2v) is 3.61. The highest BCUT2D eigenvalue weighted by molar-refractivity contribution is 5.99. The molecule has 3 N–H and O–H groups in total. The number of nitrogens with one attached hydrogen (secondary N) is 3. The van der Waals surface area contributed by atoms with E-state index in [9.17, 15) is 4.79 Å². The monoisotopic (exact) mass is 286 g/mol. The van der Waals surface area contributed by atoms with Crippen molar-refractivity contribution in [2.45, 2.75) is 0 Å². The predicted octanol–water partition coefficient (Wildman–Crippen LogP) is 1.75. The molecule has 1 aromatic heterocycles. The van der Waals surface area contributed by atoms with Crippen LogP contribution in [0.3, 0.4) is 0 Å². The van der Waals surface area contributed by atoms with Crippen LogP contribution in [-0.4, -0.2) is 24.0 Å². The lowest BCUT2D eigenvalue weighted by Gasteiger charge is -2.11. The van der Waals surface area contributed by atoms with Crippen LogP contribution in [0.2, 0.25) is 0 Å². The molecular formula is C14H14N4O3. The average molecular weight is 286 g/mol. The van der Waals surface area contributed by atoms with E-state index in [1.807, 2.05) is 6.07 Å². The lowest BCUT2D eigenvalue weighted by Crippen LogP contribution is -2.20. The lowest BCUT2D eigenvalue weighted by atomic mass is 10.2. The molecule has 0 radical (unpaired) electrons. The van der Waals surface area contributed by atoms with Gasteiger partial charge in [-0.2, -0.15) is 0 Å². The molecule has 0 saturated carbocycles. The van der Waals surface area contributed by atoms with Crippen molar-refractivity contribution in [3.8, 4) is 5.75 Å². The molecule has 2 rings (SSSR count). The quantitative estimate of drug-likeness (QED) is 0.451. The van der Waals surface area contributed by atoms with Gasteiger partial charge in [0, 0.05) is 31.6 Å². The highest BCUT2D eigenvalue weighted by Crippen LogP contribution is 2.16. The first-order valence-electron chi connectivity index (χ1n) is 5.90. The molecule has 108 valence electrons. The molecule has 1 aromatic carbocycles. The Morgan fingerprint density at radius 1 is 1.24 bits per heavy atom. The van der Waals surface area contributed by atoms with Gasteiger partial charge in [0.1, 0.15) is 0 Å². The Morgan fingerprint density at radius 3 is 2.48 bits per heavy atom. The van der Waals surface area contributed by atoms with E-state index in [0.29, 0.717) is 17.0 Å². The molecule has 7 heteroatoms. The number of amides is 1. The molecular weight excluding hydrogens is 272 g/mol. The van der Waals surface area contributed by atoms with E-state index in [1.54, 1.807) is 49.8 Å². The van der Waals surface area contributed by atoms with Crippen molar-refractivity contribution in [3.05, 3.63) is 54.4 Å². The number of para-hydroxylation sites is 1. The summed E-state index contributed by atoms with van der Waals surface area (Å²) in [5.41, 5.74) is 3.88. The zero-order chi connectivity index (χ0) is 15.5. The van der Waals surface area contributed by atoms with E-state index >= 15 is 0 Å². The number of isocyanates is 1. The van der Waals surface area contributed by atoms with Crippen LogP contribution < -0.4 is 15.6 Å². The molecule has 0 aliphatic rings. The van der Waals surface area contributed by atoms with Crippen LogP contribution in [-0.2, 0) is 4.79 Å². The first-order chi connectivity index (χ1) is 10.2. The Kier molecular flexibility index (Phi) is 6.68. The average Bonchev–Trinajstić information content (AvgIpc) is 2.54. The highest BCUT2D eigenvalue weighted by atomic mass is 16.6. The summed E-state index contributed by atoms with van der Waals surface area (Å²) >= 11 is 0. The van der Waals surface area contributed by atoms with Crippen LogP contribution in [0.15, 0.2) is 48.8 Å². The summed E-state index contributed by atoms with van der Waals surface area (Å²) < 4.78 is 0. The topological polar surface area (TPSA) is 104 Å². The summed E-state index contributed by atoms with van der Waals surface area (Å²) in [7, 11) is 1.59. The molecule has 21 heavy (non-hydrogen) atoms. The fourth-order valence-corrected chi connectivity index (χ4v) is 1.42. The Hall–Kier alpha value is -3.18. The van der Waals surface area contributed by atoms with Crippen molar-refractivity contribution < 1.29 is 14.4 Å². The van der Waals surface area contributed by atoms with Crippen molar-refractivity contribution in [3.63, 3.8) is 0 Å². The van der Waals surface area contributed by atoms with E-state index in [1.165, 1.54) is 0 Å². The maximum absolute atomic E-state index is 11.6. The predicted molar refractivity (Wildman–Crippen MR) is 76.7 cm³/mol. The van der Waals surface area contributed by atoms with Gasteiger partial charge in [0.2, 0.25) is 6.08 Å². The van der Waals surface area contributed by atoms with Crippen molar-refractivity contribution in [1.82, 2.24) is 10.3 Å². The number of benzene rings is 1. The number of hydrogen-bond acceptors (Lipinski definition) is 6. The van der Waals surface area contributed by atoms with Gasteiger partial charge < -0.3 is 10.2 Å². The van der Waals surface area contributed by atoms with Crippen LogP contribution in [0.4, 0.5) is 5.69 Å². The van der Waals surface area contributed by atoms with E-state index in [4.69, 9.17) is 15.0 Å². The lowest BCUT2D eigenvalue weighted by molar-refractivity contribution is 0.0963. The third-order valence-electron chi connectivity index (χ3n) is 2.33. The first-order valence-corrected chi connectivity index (χ1v) is 5.90. The summed E-state index contributed by atoms with van der Waals surface area (Å²) in [6.45, 7) is 0. The van der Waals surface area contributed by atoms with E-state index in [-0.39, 0.29) is 5.91 Å². The molecule has 1 amide bonds. The number of pyridine rings is 1. The second-order valence-electron chi connectivity index (χ2n) is 3.61. The fraction of sp³-hybridized carbons (Fsp3) is 0.0714. The van der Waals surface area contributed by atoms with Crippen molar-refractivity contribution >= 4 is 17.7 Å². The van der Waals surface area contributed by atoms with Gasteiger partial charge in [-0.3, -0.25) is 9.78 Å². The first kappa shape index (κ1) is 15.9. The van der Waals surface area contributed by atoms with Crippen LogP contribution in [0.5, 0.6) is 5.75 Å². The van der Waals surface area contributed by atoms with Crippen LogP contribution in [0, 0.1) is 5.41 Å². The van der Waals surface area contributed by atoms with Gasteiger partial charge in [-0.1, -0.05) is 12.1 Å². The summed E-state index contributed by atoms with van der Waals surface area (Å²) in [6.07, 6.45) is 4.00. The number of aromatic nitrogens is 1. The normalized spacial score (nSPS) is 8.62. The maximum atomic E-state index is 11.6. The van der Waals surface area contributed by atoms with Crippen molar-refractivity contribution in [1.29, 1.82) is 5.41 Å². The molecule has 2 aromatic rings. The standard InChI is InChI=1S/C13H13N3O2.CHNO/c1-14-13(17)11-4-2-3-5-12(11)16-18-10-6-8-15-9-7-10;2-1-3/h2-9,16H,1H3,(H,14,17);2H. The van der Waals surface area contributed by atoms with Gasteiger partial charge in [0.25, 0.3) is 5.91 Å². The van der Waals surface area contributed by atoms with E-state index in [0.717, 1.165) is 6.08 Å². The third kappa shape index (κ3) is 5.14. The maximum Gasteiger partial charge on any atom is 0.253 e. The largest absolute Gasteiger partial charge is 0.382 e. The summed E-state index contributed by atoms with van der Waals surface area (Å²) in [4.78, 5) is 29.2. The number of rotatable bonds is 4. The molecule has 0 atom stereocenters. The molecule has 0 spiro atoms. The zero-order valence-corrected chi connectivity index (χ0v) is 11.3. The van der Waals surface area contributed by atoms with Gasteiger partial charge in [-0.15, -0.1) is 0 Å². The molecule has 0 saturated heterocycles. The molecule has 0 aliphatic carbocycles. The molecule has 7 nitrogen and oxygen atoms in total. The highest BCUT2D eigenvalue weighted by Gasteiger charge is 2.08. The molecule has 0 unspecified atom stereocenters. The van der Waals surface area contributed by atoms with Crippen LogP contribution in [0.25, 0.3) is 0 Å². The molecule has 0 fully saturated rings. The van der Waals surface area contributed by atoms with Crippen LogP contribution in [0.1, 0.15) is 10.4 Å². The van der Waals surface area contributed by atoms with Gasteiger partial charge in [-0.25, -0.2) is 15.7 Å². The number of hydrogen-bond donors (Lipinski definition) is 3. The Balaban J connectivity index is 0.000000677. The second kappa shape index (κ2) is 8.84. The Bertz CT molecular complexity index is 611. The van der Waals surface area contributed by atoms with Gasteiger partial charge in [0.15, 0.2) is 5.75 Å². The van der Waals surface area contributed by atoms with Gasteiger partial charge in [0.05, 0.1) is 11.3 Å². The Morgan fingerprint density at radius 2 is 1.86 bits per heavy atom. The number of carbonyl (C=O) groups excluding carboxylic acids is 2. The van der Waals surface area contributed by atoms with Crippen LogP contribution >= 0.6 is 0 Å². The molecule has 0 aliphatic heterocycles. The fourth-order valence-electron chi connectivity index (χ4n) is 1.42. The third-order valence-corrected chi connectivity index (χ3v) is 2.33. The van der Waals surface area contributed by atoms with E-state index in [2.05, 4.69) is 15.8 Å². The minimum atomic E-state index is -0.170. The van der Waals surface area contributed by atoms with Gasteiger partial charge in [-0.05, 0) is 12.1 Å². The minimum Gasteiger partial charge on any atom is -0.382 e. The summed E-state index contributed by atoms with van der Waals surface area (Å²) in [6, 6.07) is 10.5. The van der Waals surface area contributed by atoms with E-state index < -0.39 is 0 Å². The Labute approximate surface area is 121 Å². The zero-order valence-electron chi connectivity index (χ0n) is 11.3. The van der Waals surface area contributed by atoms with Crippen molar-refractivity contribution in [2.24, 2.45) is 0 Å². The number of nitrogens with zero attached hydrogens (tertiary/aromatic N) is 1. The summed E-state index contributed by atoms with van der Waals surface area (Å²) in [5.74, 6) is 0.452. The van der Waals surface area contributed by atoms with Gasteiger partial charge >= 0.3 is 0 Å². The molecule has 1 heterocycles.